The van der Waals surface area contributed by atoms with Gasteiger partial charge in [-0.1, -0.05) is 24.6 Å². The fourth-order valence-electron chi connectivity index (χ4n) is 3.67. The number of aliphatic imine (C=N–C) groups is 1. The summed E-state index contributed by atoms with van der Waals surface area (Å²) in [5.74, 6) is 0.0161. The highest BCUT2D eigenvalue weighted by Crippen LogP contribution is 2.37. The molecule has 5 nitrogen and oxygen atoms in total. The molecule has 1 N–H and O–H groups in total. The summed E-state index contributed by atoms with van der Waals surface area (Å²) in [6.07, 6.45) is 1.86. The maximum absolute atomic E-state index is 13.7. The lowest BCUT2D eigenvalue weighted by Gasteiger charge is -2.37. The number of aromatic nitrogens is 1. The number of carbonyl (C=O) groups is 1. The molecule has 158 valence electrons. The van der Waals surface area contributed by atoms with Crippen molar-refractivity contribution in [1.82, 2.24) is 15.2 Å². The van der Waals surface area contributed by atoms with Crippen LogP contribution in [0.5, 0.6) is 0 Å². The van der Waals surface area contributed by atoms with Crippen LogP contribution in [0, 0.1) is 5.82 Å². The molecule has 1 aromatic heterocycles. The van der Waals surface area contributed by atoms with Gasteiger partial charge in [0.15, 0.2) is 16.6 Å². The lowest BCUT2D eigenvalue weighted by atomic mass is 9.90. The first-order valence-corrected chi connectivity index (χ1v) is 11.0. The van der Waals surface area contributed by atoms with E-state index in [1.54, 1.807) is 12.3 Å². The van der Waals surface area contributed by atoms with E-state index in [1.165, 1.54) is 23.5 Å². The average molecular weight is 451 g/mol. The zero-order valence-electron chi connectivity index (χ0n) is 16.4. The van der Waals surface area contributed by atoms with Crippen LogP contribution >= 0.6 is 22.9 Å². The quantitative estimate of drug-likeness (QED) is 0.683. The van der Waals surface area contributed by atoms with Crippen molar-refractivity contribution in [2.45, 2.75) is 32.0 Å². The predicted octanol–water partition coefficient (Wildman–Crippen LogP) is 4.30. The van der Waals surface area contributed by atoms with Crippen LogP contribution in [0.15, 0.2) is 46.0 Å². The third-order valence-electron chi connectivity index (χ3n) is 5.09. The van der Waals surface area contributed by atoms with E-state index >= 15 is 0 Å². The number of amidine groups is 1. The van der Waals surface area contributed by atoms with Crippen LogP contribution in [0.25, 0.3) is 0 Å². The normalized spacial score (nSPS) is 20.0. The fourth-order valence-corrected chi connectivity index (χ4v) is 4.52. The van der Waals surface area contributed by atoms with Crippen LogP contribution in [0.3, 0.4) is 0 Å². The predicted molar refractivity (Wildman–Crippen MR) is 114 cm³/mol. The standard InChI is InChI=1S/C21H21ClF2N4OS/c1-2-3-17(29)18-16(11-28-9-13(24)10-28)26-20(21-25-6-7-30-21)27-19(18)14-5-4-12(23)8-15(14)22/h4-8,13,19H,2-3,9-11H2,1H3,(H,26,27)/t19-/m0/s1. The number of likely N-dealkylation sites (tertiary alicyclic amines) is 1. The number of thiazole rings is 1. The summed E-state index contributed by atoms with van der Waals surface area (Å²) >= 11 is 7.77. The third-order valence-corrected chi connectivity index (χ3v) is 6.20. The Bertz CT molecular complexity index is 1000. The molecule has 1 aromatic carbocycles. The number of carbonyl (C=O) groups excluding carboxylic acids is 1. The van der Waals surface area contributed by atoms with E-state index in [9.17, 15) is 13.6 Å². The Morgan fingerprint density at radius 3 is 2.83 bits per heavy atom. The van der Waals surface area contributed by atoms with Crippen molar-refractivity contribution in [2.24, 2.45) is 4.99 Å². The monoisotopic (exact) mass is 450 g/mol. The molecular formula is C21H21ClF2N4OS. The fraction of sp³-hybridized carbons (Fsp3) is 0.381. The summed E-state index contributed by atoms with van der Waals surface area (Å²) in [6.45, 7) is 2.98. The molecule has 0 amide bonds. The van der Waals surface area contributed by atoms with Crippen molar-refractivity contribution in [3.8, 4) is 0 Å². The van der Waals surface area contributed by atoms with Crippen LogP contribution in [-0.4, -0.2) is 47.3 Å². The number of hydrogen-bond donors (Lipinski definition) is 1. The minimum absolute atomic E-state index is 0.0512. The number of ketones is 1. The highest BCUT2D eigenvalue weighted by Gasteiger charge is 2.35. The van der Waals surface area contributed by atoms with E-state index in [1.807, 2.05) is 17.2 Å². The number of nitrogens with zero attached hydrogens (tertiary/aromatic N) is 3. The SMILES string of the molecule is CCCC(=O)C1=C(CN2CC(F)C2)NC(c2nccs2)=N[C@H]1c1ccc(F)cc1Cl. The second-order valence-electron chi connectivity index (χ2n) is 7.37. The molecule has 0 aliphatic carbocycles. The van der Waals surface area contributed by atoms with Crippen molar-refractivity contribution in [2.75, 3.05) is 19.6 Å². The Labute approximate surface area is 182 Å². The molecule has 1 saturated heterocycles. The summed E-state index contributed by atoms with van der Waals surface area (Å²) in [6, 6.07) is 3.42. The first-order valence-electron chi connectivity index (χ1n) is 9.78. The van der Waals surface area contributed by atoms with Gasteiger partial charge in [0.05, 0.1) is 0 Å². The van der Waals surface area contributed by atoms with E-state index in [-0.39, 0.29) is 10.8 Å². The molecule has 0 radical (unpaired) electrons. The molecule has 0 unspecified atom stereocenters. The Balaban J connectivity index is 1.81. The van der Waals surface area contributed by atoms with Gasteiger partial charge in [-0.05, 0) is 18.6 Å². The molecule has 2 aliphatic heterocycles. The first kappa shape index (κ1) is 21.1. The van der Waals surface area contributed by atoms with E-state index < -0.39 is 18.0 Å². The second kappa shape index (κ2) is 8.91. The first-order chi connectivity index (χ1) is 14.5. The maximum Gasteiger partial charge on any atom is 0.163 e. The van der Waals surface area contributed by atoms with E-state index in [0.29, 0.717) is 60.2 Å². The van der Waals surface area contributed by atoms with Crippen molar-refractivity contribution in [1.29, 1.82) is 0 Å². The van der Waals surface area contributed by atoms with Gasteiger partial charge in [0, 0.05) is 59.5 Å². The van der Waals surface area contributed by atoms with Gasteiger partial charge < -0.3 is 5.32 Å². The van der Waals surface area contributed by atoms with Gasteiger partial charge in [0.1, 0.15) is 18.0 Å². The number of hydrogen-bond acceptors (Lipinski definition) is 6. The van der Waals surface area contributed by atoms with Crippen LogP contribution < -0.4 is 5.32 Å². The maximum atomic E-state index is 13.7. The molecule has 30 heavy (non-hydrogen) atoms. The molecule has 9 heteroatoms. The van der Waals surface area contributed by atoms with Gasteiger partial charge in [-0.25, -0.2) is 13.8 Å². The molecule has 0 saturated carbocycles. The molecule has 1 atom stereocenters. The van der Waals surface area contributed by atoms with E-state index in [4.69, 9.17) is 16.6 Å². The Kier molecular flexibility index (Phi) is 6.26. The van der Waals surface area contributed by atoms with Crippen LogP contribution in [0.2, 0.25) is 5.02 Å². The Morgan fingerprint density at radius 1 is 1.40 bits per heavy atom. The Morgan fingerprint density at radius 2 is 2.20 bits per heavy atom. The van der Waals surface area contributed by atoms with Crippen molar-refractivity contribution in [3.05, 3.63) is 62.5 Å². The van der Waals surface area contributed by atoms with Crippen molar-refractivity contribution < 1.29 is 13.6 Å². The van der Waals surface area contributed by atoms with Gasteiger partial charge in [-0.2, -0.15) is 0 Å². The molecule has 2 aliphatic rings. The summed E-state index contributed by atoms with van der Waals surface area (Å²) in [7, 11) is 0. The summed E-state index contributed by atoms with van der Waals surface area (Å²) in [5, 5.41) is 5.98. The summed E-state index contributed by atoms with van der Waals surface area (Å²) in [4.78, 5) is 24.1. The molecule has 0 spiro atoms. The minimum atomic E-state index is -0.849. The number of alkyl halides is 1. The zero-order valence-corrected chi connectivity index (χ0v) is 17.9. The van der Waals surface area contributed by atoms with Crippen molar-refractivity contribution >= 4 is 34.6 Å². The number of halogens is 3. The lowest BCUT2D eigenvalue weighted by Crippen LogP contribution is -2.51. The number of Topliss-reactive ketones (excluding diaryl/α,β-unsaturated/α-hetero) is 1. The van der Waals surface area contributed by atoms with E-state index in [2.05, 4.69) is 10.3 Å². The summed E-state index contributed by atoms with van der Waals surface area (Å²) < 4.78 is 27.1. The average Bonchev–Trinajstić information content (AvgIpc) is 3.21. The van der Waals surface area contributed by atoms with Gasteiger partial charge in [-0.15, -0.1) is 11.3 Å². The molecule has 4 rings (SSSR count). The van der Waals surface area contributed by atoms with Gasteiger partial charge in [0.2, 0.25) is 0 Å². The highest BCUT2D eigenvalue weighted by atomic mass is 35.5. The third kappa shape index (κ3) is 4.31. The molecule has 1 fully saturated rings. The van der Waals surface area contributed by atoms with Gasteiger partial charge in [0.25, 0.3) is 0 Å². The summed E-state index contributed by atoms with van der Waals surface area (Å²) in [5.41, 5.74) is 1.72. The molecular weight excluding hydrogens is 430 g/mol. The number of benzene rings is 1. The smallest absolute Gasteiger partial charge is 0.163 e. The van der Waals surface area contributed by atoms with Crippen LogP contribution in [0.4, 0.5) is 8.78 Å². The minimum Gasteiger partial charge on any atom is -0.340 e. The van der Waals surface area contributed by atoms with Gasteiger partial charge >= 0.3 is 0 Å². The zero-order chi connectivity index (χ0) is 21.3. The highest BCUT2D eigenvalue weighted by molar-refractivity contribution is 7.11. The van der Waals surface area contributed by atoms with Crippen LogP contribution in [0.1, 0.15) is 36.4 Å². The topological polar surface area (TPSA) is 57.6 Å². The Hall–Kier alpha value is -2.16. The largest absolute Gasteiger partial charge is 0.340 e. The molecule has 0 bridgehead atoms. The lowest BCUT2D eigenvalue weighted by molar-refractivity contribution is -0.116. The van der Waals surface area contributed by atoms with Gasteiger partial charge in [-0.3, -0.25) is 14.7 Å². The van der Waals surface area contributed by atoms with Crippen LogP contribution in [-0.2, 0) is 4.79 Å². The molecule has 3 heterocycles. The van der Waals surface area contributed by atoms with Crippen molar-refractivity contribution in [3.63, 3.8) is 0 Å². The number of nitrogens with one attached hydrogen (secondary N) is 1. The second-order valence-corrected chi connectivity index (χ2v) is 8.67. The number of rotatable bonds is 7. The molecule has 2 aromatic rings. The van der Waals surface area contributed by atoms with E-state index in [0.717, 1.165) is 0 Å².